The van der Waals surface area contributed by atoms with Gasteiger partial charge in [-0.05, 0) is 25.2 Å². The van der Waals surface area contributed by atoms with E-state index in [1.807, 2.05) is 0 Å². The van der Waals surface area contributed by atoms with Crippen molar-refractivity contribution in [3.05, 3.63) is 33.9 Å². The van der Waals surface area contributed by atoms with Crippen molar-refractivity contribution in [2.75, 3.05) is 11.9 Å². The van der Waals surface area contributed by atoms with Crippen LogP contribution < -0.4 is 5.32 Å². The lowest BCUT2D eigenvalue weighted by Gasteiger charge is -2.20. The lowest BCUT2D eigenvalue weighted by atomic mass is 10.1. The monoisotopic (exact) mass is 284 g/mol. The third kappa shape index (κ3) is 2.45. The van der Waals surface area contributed by atoms with Gasteiger partial charge in [-0.15, -0.1) is 0 Å². The van der Waals surface area contributed by atoms with E-state index < -0.39 is 22.2 Å². The minimum absolute atomic E-state index is 0.0269. The lowest BCUT2D eigenvalue weighted by molar-refractivity contribution is -0.386. The molecular formula is C13H14F2N2O3. The van der Waals surface area contributed by atoms with E-state index in [9.17, 15) is 18.9 Å². The molecule has 2 fully saturated rings. The fraction of sp³-hybridized carbons (Fsp3) is 0.538. The van der Waals surface area contributed by atoms with E-state index >= 15 is 0 Å². The van der Waals surface area contributed by atoms with E-state index in [2.05, 4.69) is 5.32 Å². The number of hydrogen-bond donors (Lipinski definition) is 1. The highest BCUT2D eigenvalue weighted by Gasteiger charge is 2.41. The van der Waals surface area contributed by atoms with E-state index in [-0.39, 0.29) is 17.8 Å². The van der Waals surface area contributed by atoms with E-state index in [1.54, 1.807) is 0 Å². The Morgan fingerprint density at radius 2 is 2.05 bits per heavy atom. The van der Waals surface area contributed by atoms with Crippen molar-refractivity contribution in [2.45, 2.75) is 31.4 Å². The maximum Gasteiger partial charge on any atom is 0.327 e. The smallest absolute Gasteiger partial charge is 0.327 e. The van der Waals surface area contributed by atoms with Crippen molar-refractivity contribution in [1.29, 1.82) is 0 Å². The van der Waals surface area contributed by atoms with Crippen LogP contribution in [-0.2, 0) is 4.74 Å². The molecule has 1 aliphatic carbocycles. The van der Waals surface area contributed by atoms with Gasteiger partial charge in [0.25, 0.3) is 0 Å². The van der Waals surface area contributed by atoms with Gasteiger partial charge in [0.15, 0.2) is 0 Å². The zero-order valence-corrected chi connectivity index (χ0v) is 10.6. The highest BCUT2D eigenvalue weighted by molar-refractivity contribution is 5.63. The number of nitro benzene ring substituents is 1. The number of anilines is 1. The average Bonchev–Trinajstić information content (AvgIpc) is 3.09. The zero-order chi connectivity index (χ0) is 14.3. The average molecular weight is 284 g/mol. The van der Waals surface area contributed by atoms with Crippen LogP contribution in [0.15, 0.2) is 12.1 Å². The van der Waals surface area contributed by atoms with Crippen molar-refractivity contribution in [2.24, 2.45) is 5.92 Å². The van der Waals surface area contributed by atoms with Gasteiger partial charge in [0.05, 0.1) is 17.1 Å². The van der Waals surface area contributed by atoms with Gasteiger partial charge in [0, 0.05) is 18.7 Å². The molecule has 20 heavy (non-hydrogen) atoms. The number of nitro groups is 1. The summed E-state index contributed by atoms with van der Waals surface area (Å²) in [6, 6.07) is 1.35. The topological polar surface area (TPSA) is 64.4 Å². The summed E-state index contributed by atoms with van der Waals surface area (Å²) < 4.78 is 32.4. The molecule has 1 aromatic carbocycles. The number of hydrogen-bond acceptors (Lipinski definition) is 4. The Morgan fingerprint density at radius 1 is 1.30 bits per heavy atom. The molecule has 1 heterocycles. The summed E-state index contributed by atoms with van der Waals surface area (Å²) in [4.78, 5) is 10.1. The summed E-state index contributed by atoms with van der Waals surface area (Å²) in [7, 11) is 0. The number of rotatable bonds is 4. The summed E-state index contributed by atoms with van der Waals surface area (Å²) in [5.41, 5.74) is -0.832. The first-order chi connectivity index (χ1) is 9.56. The van der Waals surface area contributed by atoms with Crippen molar-refractivity contribution in [1.82, 2.24) is 0 Å². The first kappa shape index (κ1) is 13.2. The molecule has 2 aliphatic rings. The normalized spacial score (nSPS) is 25.7. The molecule has 1 saturated carbocycles. The highest BCUT2D eigenvalue weighted by Crippen LogP contribution is 2.40. The van der Waals surface area contributed by atoms with E-state index in [1.165, 1.54) is 0 Å². The molecule has 1 saturated heterocycles. The summed E-state index contributed by atoms with van der Waals surface area (Å²) in [5, 5.41) is 13.8. The quantitative estimate of drug-likeness (QED) is 0.682. The molecular weight excluding hydrogens is 270 g/mol. The first-order valence-electron chi connectivity index (χ1n) is 6.58. The molecule has 108 valence electrons. The van der Waals surface area contributed by atoms with Crippen LogP contribution in [0.25, 0.3) is 0 Å². The summed E-state index contributed by atoms with van der Waals surface area (Å²) >= 11 is 0. The van der Waals surface area contributed by atoms with E-state index in [0.717, 1.165) is 18.9 Å². The molecule has 1 N–H and O–H groups in total. The highest BCUT2D eigenvalue weighted by atomic mass is 19.1. The molecule has 7 heteroatoms. The van der Waals surface area contributed by atoms with Gasteiger partial charge in [-0.25, -0.2) is 4.39 Å². The van der Waals surface area contributed by atoms with Crippen molar-refractivity contribution in [3.63, 3.8) is 0 Å². The lowest BCUT2D eigenvalue weighted by Crippen LogP contribution is -2.31. The molecule has 1 aromatic rings. The molecule has 2 atom stereocenters. The second-order valence-corrected chi connectivity index (χ2v) is 5.25. The van der Waals surface area contributed by atoms with Crippen LogP contribution in [0.3, 0.4) is 0 Å². The van der Waals surface area contributed by atoms with Crippen LogP contribution in [0.2, 0.25) is 0 Å². The third-order valence-electron chi connectivity index (χ3n) is 3.77. The predicted octanol–water partition coefficient (Wildman–Crippen LogP) is 2.85. The van der Waals surface area contributed by atoms with Crippen molar-refractivity contribution in [3.8, 4) is 0 Å². The van der Waals surface area contributed by atoms with Crippen LogP contribution >= 0.6 is 0 Å². The molecule has 0 aromatic heterocycles. The van der Waals surface area contributed by atoms with Crippen molar-refractivity contribution >= 4 is 11.4 Å². The Balaban J connectivity index is 1.87. The fourth-order valence-corrected chi connectivity index (χ4v) is 2.72. The first-order valence-corrected chi connectivity index (χ1v) is 6.58. The van der Waals surface area contributed by atoms with Gasteiger partial charge in [0.1, 0.15) is 11.5 Å². The van der Waals surface area contributed by atoms with E-state index in [4.69, 9.17) is 4.74 Å². The van der Waals surface area contributed by atoms with Gasteiger partial charge in [-0.3, -0.25) is 10.1 Å². The van der Waals surface area contributed by atoms with Gasteiger partial charge < -0.3 is 10.1 Å². The molecule has 0 radical (unpaired) electrons. The molecule has 2 unspecified atom stereocenters. The Labute approximate surface area is 114 Å². The second kappa shape index (κ2) is 4.97. The van der Waals surface area contributed by atoms with Crippen LogP contribution in [0.4, 0.5) is 20.2 Å². The Morgan fingerprint density at radius 3 is 2.70 bits per heavy atom. The minimum atomic E-state index is -1.17. The van der Waals surface area contributed by atoms with Crippen LogP contribution in [-0.4, -0.2) is 23.7 Å². The maximum atomic E-state index is 13.6. The number of halogens is 2. The van der Waals surface area contributed by atoms with Crippen molar-refractivity contribution < 1.29 is 18.4 Å². The molecule has 0 spiro atoms. The van der Waals surface area contributed by atoms with Gasteiger partial charge in [0.2, 0.25) is 5.82 Å². The summed E-state index contributed by atoms with van der Waals surface area (Å²) in [6.45, 7) is 0.560. The van der Waals surface area contributed by atoms with Crippen LogP contribution in [0.5, 0.6) is 0 Å². The SMILES string of the molecule is O=[N+]([O-])c1c(F)cc(F)cc1NC1CCOC1C1CC1. The Hall–Kier alpha value is -1.76. The number of benzene rings is 1. The van der Waals surface area contributed by atoms with Crippen LogP contribution in [0, 0.1) is 27.7 Å². The van der Waals surface area contributed by atoms with Gasteiger partial charge in [-0.2, -0.15) is 4.39 Å². The zero-order valence-electron chi connectivity index (χ0n) is 10.6. The number of nitrogens with zero attached hydrogens (tertiary/aromatic N) is 1. The molecule has 0 bridgehead atoms. The molecule has 0 amide bonds. The van der Waals surface area contributed by atoms with Gasteiger partial charge in [-0.1, -0.05) is 0 Å². The van der Waals surface area contributed by atoms with Crippen LogP contribution in [0.1, 0.15) is 19.3 Å². The Kier molecular flexibility index (Phi) is 3.29. The standard InChI is InChI=1S/C13H14F2N2O3/c14-8-5-9(15)12(17(18)19)11(6-8)16-10-3-4-20-13(10)7-1-2-7/h5-7,10,13,16H,1-4H2. The second-order valence-electron chi connectivity index (χ2n) is 5.25. The minimum Gasteiger partial charge on any atom is -0.376 e. The maximum absolute atomic E-state index is 13.6. The largest absolute Gasteiger partial charge is 0.376 e. The molecule has 3 rings (SSSR count). The third-order valence-corrected chi connectivity index (χ3v) is 3.77. The summed E-state index contributed by atoms with van der Waals surface area (Å²) in [6.07, 6.45) is 2.79. The number of nitrogens with one attached hydrogen (secondary N) is 1. The number of ether oxygens (including phenoxy) is 1. The predicted molar refractivity (Wildman–Crippen MR) is 67.5 cm³/mol. The fourth-order valence-electron chi connectivity index (χ4n) is 2.72. The van der Waals surface area contributed by atoms with Gasteiger partial charge >= 0.3 is 5.69 Å². The molecule has 5 nitrogen and oxygen atoms in total. The van der Waals surface area contributed by atoms with E-state index in [0.29, 0.717) is 25.0 Å². The summed E-state index contributed by atoms with van der Waals surface area (Å²) in [5.74, 6) is -1.55. The Bertz CT molecular complexity index is 549. The molecule has 1 aliphatic heterocycles.